The molecule has 3 aromatic rings. The summed E-state index contributed by atoms with van der Waals surface area (Å²) >= 11 is 0. The van der Waals surface area contributed by atoms with E-state index in [1.807, 2.05) is 38.1 Å². The number of carbonyl (C=O) groups excluding carboxylic acids is 1. The van der Waals surface area contributed by atoms with E-state index in [-0.39, 0.29) is 35.3 Å². The van der Waals surface area contributed by atoms with Gasteiger partial charge in [-0.05, 0) is 98.8 Å². The third-order valence-corrected chi connectivity index (χ3v) is 7.74. The van der Waals surface area contributed by atoms with Gasteiger partial charge in [-0.25, -0.2) is 8.78 Å². The van der Waals surface area contributed by atoms with Crippen LogP contribution in [0.4, 0.5) is 14.5 Å². The standard InChI is InChI=1S/C32H39F2N3O2/c1-22-18-29(38)19-23(2)32(22)35-31(39)21-37-17-16-36(20-24(37)3)15-5-4-6-30(25-7-11-27(33)12-8-25)26-9-13-28(34)14-10-26/h7-14,18-19,24,30,38H,4-6,15-17,20-21H2,1-3H3,(H,35,39). The van der Waals surface area contributed by atoms with Crippen LogP contribution in [0.1, 0.15) is 54.4 Å². The van der Waals surface area contributed by atoms with Crippen LogP contribution >= 0.6 is 0 Å². The highest BCUT2D eigenvalue weighted by Crippen LogP contribution is 2.30. The zero-order chi connectivity index (χ0) is 27.9. The molecule has 0 aliphatic carbocycles. The smallest absolute Gasteiger partial charge is 0.238 e. The molecule has 0 aromatic heterocycles. The van der Waals surface area contributed by atoms with E-state index in [1.54, 1.807) is 12.1 Å². The second-order valence-corrected chi connectivity index (χ2v) is 10.8. The van der Waals surface area contributed by atoms with Crippen molar-refractivity contribution in [2.75, 3.05) is 38.0 Å². The summed E-state index contributed by atoms with van der Waals surface area (Å²) in [6.07, 6.45) is 2.94. The first-order valence-electron chi connectivity index (χ1n) is 13.8. The number of nitrogens with one attached hydrogen (secondary N) is 1. The largest absolute Gasteiger partial charge is 0.508 e. The summed E-state index contributed by atoms with van der Waals surface area (Å²) in [7, 11) is 0. The van der Waals surface area contributed by atoms with Crippen molar-refractivity contribution in [1.82, 2.24) is 9.80 Å². The van der Waals surface area contributed by atoms with Crippen molar-refractivity contribution in [2.24, 2.45) is 0 Å². The van der Waals surface area contributed by atoms with Crippen molar-refractivity contribution in [3.63, 3.8) is 0 Å². The van der Waals surface area contributed by atoms with Crippen LogP contribution in [0.5, 0.6) is 5.75 Å². The molecular weight excluding hydrogens is 496 g/mol. The molecule has 0 radical (unpaired) electrons. The number of amides is 1. The Labute approximate surface area is 230 Å². The molecule has 4 rings (SSSR count). The van der Waals surface area contributed by atoms with Gasteiger partial charge in [0.05, 0.1) is 6.54 Å². The molecule has 2 N–H and O–H groups in total. The Morgan fingerprint density at radius 1 is 0.949 bits per heavy atom. The lowest BCUT2D eigenvalue weighted by molar-refractivity contribution is -0.118. The fraction of sp³-hybridized carbons (Fsp3) is 0.406. The minimum Gasteiger partial charge on any atom is -0.508 e. The minimum absolute atomic E-state index is 0.0418. The summed E-state index contributed by atoms with van der Waals surface area (Å²) in [5.74, 6) is -0.254. The first-order valence-corrected chi connectivity index (χ1v) is 13.8. The highest BCUT2D eigenvalue weighted by Gasteiger charge is 2.25. The van der Waals surface area contributed by atoms with E-state index >= 15 is 0 Å². The van der Waals surface area contributed by atoms with Crippen molar-refractivity contribution < 1.29 is 18.7 Å². The molecule has 1 amide bonds. The maximum atomic E-state index is 13.5. The molecule has 3 aromatic carbocycles. The number of aryl methyl sites for hydroxylation is 2. The van der Waals surface area contributed by atoms with Gasteiger partial charge >= 0.3 is 0 Å². The summed E-state index contributed by atoms with van der Waals surface area (Å²) in [5, 5.41) is 12.8. The van der Waals surface area contributed by atoms with Crippen LogP contribution in [0.2, 0.25) is 0 Å². The first-order chi connectivity index (χ1) is 18.7. The van der Waals surface area contributed by atoms with Crippen LogP contribution < -0.4 is 5.32 Å². The minimum atomic E-state index is -0.257. The number of carbonyl (C=O) groups is 1. The average Bonchev–Trinajstić information content (AvgIpc) is 2.89. The number of hydrogen-bond donors (Lipinski definition) is 2. The molecule has 1 saturated heterocycles. The number of nitrogens with zero attached hydrogens (tertiary/aromatic N) is 2. The Morgan fingerprint density at radius 2 is 1.51 bits per heavy atom. The topological polar surface area (TPSA) is 55.8 Å². The van der Waals surface area contributed by atoms with Gasteiger partial charge in [0, 0.05) is 37.3 Å². The van der Waals surface area contributed by atoms with Crippen molar-refractivity contribution in [3.05, 3.63) is 94.6 Å². The summed E-state index contributed by atoms with van der Waals surface area (Å²) in [6.45, 7) is 9.89. The van der Waals surface area contributed by atoms with E-state index in [2.05, 4.69) is 22.0 Å². The van der Waals surface area contributed by atoms with Crippen LogP contribution in [0.3, 0.4) is 0 Å². The van der Waals surface area contributed by atoms with Gasteiger partial charge in [-0.1, -0.05) is 30.7 Å². The van der Waals surface area contributed by atoms with Gasteiger partial charge in [-0.2, -0.15) is 0 Å². The lowest BCUT2D eigenvalue weighted by Crippen LogP contribution is -2.53. The van der Waals surface area contributed by atoms with Gasteiger partial charge in [0.15, 0.2) is 0 Å². The van der Waals surface area contributed by atoms with E-state index in [4.69, 9.17) is 0 Å². The fourth-order valence-electron chi connectivity index (χ4n) is 5.61. The van der Waals surface area contributed by atoms with Crippen LogP contribution in [0, 0.1) is 25.5 Å². The predicted octanol–water partition coefficient (Wildman–Crippen LogP) is 6.23. The maximum absolute atomic E-state index is 13.5. The monoisotopic (exact) mass is 535 g/mol. The predicted molar refractivity (Wildman–Crippen MR) is 152 cm³/mol. The molecule has 1 aliphatic heterocycles. The number of hydrogen-bond acceptors (Lipinski definition) is 4. The van der Waals surface area contributed by atoms with Gasteiger partial charge in [-0.15, -0.1) is 0 Å². The molecule has 0 spiro atoms. The van der Waals surface area contributed by atoms with Gasteiger partial charge in [0.25, 0.3) is 0 Å². The lowest BCUT2D eigenvalue weighted by Gasteiger charge is -2.39. The number of benzene rings is 3. The quantitative estimate of drug-likeness (QED) is 0.239. The summed E-state index contributed by atoms with van der Waals surface area (Å²) in [5.41, 5.74) is 4.55. The van der Waals surface area contributed by atoms with Crippen LogP contribution in [0.15, 0.2) is 60.7 Å². The van der Waals surface area contributed by atoms with Gasteiger partial charge in [-0.3, -0.25) is 9.69 Å². The second kappa shape index (κ2) is 13.2. The summed E-state index contributed by atoms with van der Waals surface area (Å²) < 4.78 is 27.0. The molecule has 208 valence electrons. The fourth-order valence-corrected chi connectivity index (χ4v) is 5.61. The van der Waals surface area contributed by atoms with E-state index < -0.39 is 0 Å². The molecule has 1 aliphatic rings. The summed E-state index contributed by atoms with van der Waals surface area (Å²) in [4.78, 5) is 17.4. The lowest BCUT2D eigenvalue weighted by atomic mass is 9.87. The third-order valence-electron chi connectivity index (χ3n) is 7.74. The second-order valence-electron chi connectivity index (χ2n) is 10.8. The van der Waals surface area contributed by atoms with Crippen molar-refractivity contribution in [1.29, 1.82) is 0 Å². The highest BCUT2D eigenvalue weighted by atomic mass is 19.1. The van der Waals surface area contributed by atoms with Crippen LogP contribution in [-0.4, -0.2) is 59.6 Å². The molecule has 7 heteroatoms. The molecule has 1 atom stereocenters. The van der Waals surface area contributed by atoms with E-state index in [9.17, 15) is 18.7 Å². The molecule has 1 unspecified atom stereocenters. The molecule has 1 fully saturated rings. The summed E-state index contributed by atoms with van der Waals surface area (Å²) in [6, 6.07) is 16.8. The maximum Gasteiger partial charge on any atom is 0.238 e. The number of anilines is 1. The molecule has 5 nitrogen and oxygen atoms in total. The number of unbranched alkanes of at least 4 members (excludes halogenated alkanes) is 1. The Bertz CT molecular complexity index is 1180. The third kappa shape index (κ3) is 7.87. The number of rotatable bonds is 10. The molecule has 39 heavy (non-hydrogen) atoms. The van der Waals surface area contributed by atoms with Crippen molar-refractivity contribution in [2.45, 2.75) is 52.0 Å². The van der Waals surface area contributed by atoms with E-state index in [1.165, 1.54) is 24.3 Å². The first kappa shape index (κ1) is 28.7. The number of piperazine rings is 1. The zero-order valence-electron chi connectivity index (χ0n) is 23.1. The molecule has 0 saturated carbocycles. The Balaban J connectivity index is 1.24. The Hall–Kier alpha value is -3.29. The number of aromatic hydroxyl groups is 1. The number of halogens is 2. The molecule has 1 heterocycles. The van der Waals surface area contributed by atoms with Crippen molar-refractivity contribution in [3.8, 4) is 5.75 Å². The van der Waals surface area contributed by atoms with Crippen molar-refractivity contribution >= 4 is 11.6 Å². The number of phenols is 1. The zero-order valence-corrected chi connectivity index (χ0v) is 23.1. The SMILES string of the molecule is Cc1cc(O)cc(C)c1NC(=O)CN1CCN(CCCCC(c2ccc(F)cc2)c2ccc(F)cc2)CC1C. The number of phenolic OH excluding ortho intramolecular Hbond substituents is 1. The van der Waals surface area contributed by atoms with Gasteiger partial charge in [0.2, 0.25) is 5.91 Å². The Kier molecular flexibility index (Phi) is 9.70. The molecular formula is C32H39F2N3O2. The normalized spacial score (nSPS) is 16.5. The molecule has 0 bridgehead atoms. The van der Waals surface area contributed by atoms with Gasteiger partial charge in [0.1, 0.15) is 17.4 Å². The highest BCUT2D eigenvalue weighted by molar-refractivity contribution is 5.94. The van der Waals surface area contributed by atoms with Gasteiger partial charge < -0.3 is 15.3 Å². The van der Waals surface area contributed by atoms with Crippen LogP contribution in [0.25, 0.3) is 0 Å². The van der Waals surface area contributed by atoms with E-state index in [0.29, 0.717) is 6.54 Å². The Morgan fingerprint density at radius 3 is 2.05 bits per heavy atom. The van der Waals surface area contributed by atoms with Crippen LogP contribution in [-0.2, 0) is 4.79 Å². The van der Waals surface area contributed by atoms with E-state index in [0.717, 1.165) is 73.4 Å². The average molecular weight is 536 g/mol.